The van der Waals surface area contributed by atoms with Gasteiger partial charge < -0.3 is 24.6 Å². The fraction of sp³-hybridized carbons (Fsp3) is 0.604. The Morgan fingerprint density at radius 3 is 1.40 bits per heavy atom. The molecule has 330 valence electrons. The van der Waals surface area contributed by atoms with Crippen molar-refractivity contribution in [2.75, 3.05) is 33.0 Å². The minimum absolute atomic E-state index is 0.00116. The molecule has 3 unspecified atom stereocenters. The molecule has 0 amide bonds. The largest absolute Gasteiger partial charge is 0.472 e. The van der Waals surface area contributed by atoms with E-state index in [0.717, 1.165) is 96.3 Å². The summed E-state index contributed by atoms with van der Waals surface area (Å²) >= 11 is 0. The monoisotopic (exact) mass is 831 g/mol. The molecule has 0 aromatic heterocycles. The summed E-state index contributed by atoms with van der Waals surface area (Å²) in [7, 11) is -4.54. The Kier molecular flexibility index (Phi) is 41.5. The van der Waals surface area contributed by atoms with Crippen LogP contribution in [0.25, 0.3) is 0 Å². The summed E-state index contributed by atoms with van der Waals surface area (Å²) in [6, 6.07) is 0. The molecule has 3 atom stereocenters. The van der Waals surface area contributed by atoms with E-state index in [1.807, 2.05) is 0 Å². The number of carbonyl (C=O) groups excluding carboxylic acids is 1. The van der Waals surface area contributed by atoms with Gasteiger partial charge in [0.05, 0.1) is 26.4 Å². The second kappa shape index (κ2) is 43.7. The van der Waals surface area contributed by atoms with Gasteiger partial charge in [0, 0.05) is 13.0 Å². The number of hydrogen-bond donors (Lipinski definition) is 3. The highest BCUT2D eigenvalue weighted by Gasteiger charge is 2.26. The predicted molar refractivity (Wildman–Crippen MR) is 241 cm³/mol. The molecule has 0 bridgehead atoms. The normalized spacial score (nSPS) is 15.1. The zero-order valence-corrected chi connectivity index (χ0v) is 36.9. The average molecular weight is 831 g/mol. The van der Waals surface area contributed by atoms with Gasteiger partial charge in [-0.1, -0.05) is 155 Å². The van der Waals surface area contributed by atoms with Crippen LogP contribution in [0.15, 0.2) is 109 Å². The van der Waals surface area contributed by atoms with E-state index in [1.54, 1.807) is 0 Å². The van der Waals surface area contributed by atoms with Crippen molar-refractivity contribution < 1.29 is 43.0 Å². The second-order valence-electron chi connectivity index (χ2n) is 13.9. The van der Waals surface area contributed by atoms with Gasteiger partial charge in [-0.3, -0.25) is 13.8 Å². The summed E-state index contributed by atoms with van der Waals surface area (Å²) in [6.07, 6.45) is 56.3. The van der Waals surface area contributed by atoms with Crippen molar-refractivity contribution in [2.24, 2.45) is 0 Å². The highest BCUT2D eigenvalue weighted by Crippen LogP contribution is 2.43. The minimum atomic E-state index is -4.54. The van der Waals surface area contributed by atoms with Crippen LogP contribution < -0.4 is 0 Å². The third-order valence-electron chi connectivity index (χ3n) is 8.45. The summed E-state index contributed by atoms with van der Waals surface area (Å²) < 4.78 is 33.3. The first-order valence-corrected chi connectivity index (χ1v) is 23.4. The molecule has 0 aliphatic heterocycles. The predicted octanol–water partition coefficient (Wildman–Crippen LogP) is 12.2. The lowest BCUT2D eigenvalue weighted by Gasteiger charge is -2.20. The molecule has 0 aliphatic carbocycles. The Labute approximate surface area is 352 Å². The van der Waals surface area contributed by atoms with Gasteiger partial charge in [-0.2, -0.15) is 0 Å². The molecule has 58 heavy (non-hydrogen) atoms. The second-order valence-corrected chi connectivity index (χ2v) is 15.4. The van der Waals surface area contributed by atoms with Gasteiger partial charge in [-0.05, 0) is 89.9 Å². The van der Waals surface area contributed by atoms with Crippen molar-refractivity contribution in [1.29, 1.82) is 0 Å². The van der Waals surface area contributed by atoms with Gasteiger partial charge >= 0.3 is 13.8 Å². The maximum Gasteiger partial charge on any atom is 0.472 e. The number of phosphoric acid groups is 1. The number of hydrogen-bond acceptors (Lipinski definition) is 8. The number of carbonyl (C=O) groups is 1. The van der Waals surface area contributed by atoms with Crippen LogP contribution in [0.5, 0.6) is 0 Å². The van der Waals surface area contributed by atoms with E-state index < -0.39 is 45.8 Å². The maximum atomic E-state index is 12.6. The molecule has 0 fully saturated rings. The Morgan fingerprint density at radius 1 is 0.534 bits per heavy atom. The van der Waals surface area contributed by atoms with E-state index in [1.165, 1.54) is 19.3 Å². The molecule has 0 aliphatic rings. The molecule has 0 spiro atoms. The lowest BCUT2D eigenvalue weighted by atomic mass is 10.1. The molecule has 0 aromatic rings. The average Bonchev–Trinajstić information content (AvgIpc) is 3.21. The van der Waals surface area contributed by atoms with Crippen LogP contribution in [0.3, 0.4) is 0 Å². The Balaban J connectivity index is 4.26. The van der Waals surface area contributed by atoms with Crippen LogP contribution in [0.1, 0.15) is 142 Å². The van der Waals surface area contributed by atoms with E-state index in [2.05, 4.69) is 123 Å². The SMILES string of the molecule is CC/C=C\C/C=C\C/C=C\C/C=C\C/C=C\CCCCCCCCCC(=O)OC(COCCC/C=C\C/C=C\C/C=C\C/C=C\CC)COP(=O)(O)OCC(O)CO. The molecule has 0 saturated carbocycles. The molecule has 10 heteroatoms. The van der Waals surface area contributed by atoms with Crippen LogP contribution in [0.4, 0.5) is 0 Å². The standard InChI is InChI=1S/C48H79O9P/c1-3-5-7-9-11-13-15-17-19-20-21-22-23-24-25-26-27-28-30-32-34-36-38-40-48(51)57-47(45-56-58(52,53)55-43-46(50)42-49)44-54-41-39-37-35-33-31-29-18-16-14-12-10-8-6-4-2/h5-8,11-14,17-19,21-22,24-25,29,33,35,46-47,49-50H,3-4,9-10,15-16,20,23,26-28,30-32,34,36-45H2,1-2H3,(H,52,53)/b7-5-,8-6-,13-11-,14-12-,19-17-,22-21-,25-24-,29-18-,35-33-. The zero-order valence-electron chi connectivity index (χ0n) is 36.0. The fourth-order valence-corrected chi connectivity index (χ4v) is 6.00. The highest BCUT2D eigenvalue weighted by atomic mass is 31.2. The lowest BCUT2D eigenvalue weighted by molar-refractivity contribution is -0.154. The topological polar surface area (TPSA) is 132 Å². The molecule has 9 nitrogen and oxygen atoms in total. The quantitative estimate of drug-likeness (QED) is 0.0239. The van der Waals surface area contributed by atoms with E-state index in [-0.39, 0.29) is 13.0 Å². The van der Waals surface area contributed by atoms with Gasteiger partial charge in [-0.25, -0.2) is 4.57 Å². The number of ether oxygens (including phenoxy) is 2. The van der Waals surface area contributed by atoms with Crippen molar-refractivity contribution in [3.05, 3.63) is 109 Å². The number of aliphatic hydroxyl groups is 2. The molecule has 0 heterocycles. The van der Waals surface area contributed by atoms with Crippen LogP contribution in [-0.4, -0.2) is 66.3 Å². The first-order valence-electron chi connectivity index (χ1n) is 21.9. The molecular formula is C48H79O9P. The summed E-state index contributed by atoms with van der Waals surface area (Å²) in [5.74, 6) is -0.418. The van der Waals surface area contributed by atoms with E-state index in [9.17, 15) is 19.4 Å². The number of unbranched alkanes of at least 4 members (excludes halogenated alkanes) is 8. The van der Waals surface area contributed by atoms with Gasteiger partial charge in [0.25, 0.3) is 0 Å². The van der Waals surface area contributed by atoms with Gasteiger partial charge in [-0.15, -0.1) is 0 Å². The van der Waals surface area contributed by atoms with E-state index >= 15 is 0 Å². The van der Waals surface area contributed by atoms with Crippen LogP contribution in [-0.2, 0) is 27.9 Å². The third-order valence-corrected chi connectivity index (χ3v) is 9.40. The first-order chi connectivity index (χ1) is 28.3. The molecule has 3 N–H and O–H groups in total. The molecule has 0 radical (unpaired) electrons. The number of esters is 1. The van der Waals surface area contributed by atoms with Crippen molar-refractivity contribution in [2.45, 2.75) is 154 Å². The molecule has 0 aromatic carbocycles. The molecule has 0 rings (SSSR count). The number of allylic oxidation sites excluding steroid dienone is 18. The number of aliphatic hydroxyl groups excluding tert-OH is 2. The Bertz CT molecular complexity index is 1260. The lowest BCUT2D eigenvalue weighted by Crippen LogP contribution is -2.29. The highest BCUT2D eigenvalue weighted by molar-refractivity contribution is 7.47. The van der Waals surface area contributed by atoms with Crippen molar-refractivity contribution in [3.63, 3.8) is 0 Å². The van der Waals surface area contributed by atoms with Crippen LogP contribution in [0, 0.1) is 0 Å². The van der Waals surface area contributed by atoms with Crippen LogP contribution in [0.2, 0.25) is 0 Å². The van der Waals surface area contributed by atoms with Crippen LogP contribution >= 0.6 is 7.82 Å². The summed E-state index contributed by atoms with van der Waals surface area (Å²) in [5, 5.41) is 18.3. The molecular weight excluding hydrogens is 751 g/mol. The third kappa shape index (κ3) is 42.7. The van der Waals surface area contributed by atoms with E-state index in [0.29, 0.717) is 13.0 Å². The number of rotatable bonds is 40. The Morgan fingerprint density at radius 2 is 0.931 bits per heavy atom. The molecule has 0 saturated heterocycles. The maximum absolute atomic E-state index is 12.6. The van der Waals surface area contributed by atoms with Gasteiger partial charge in [0.15, 0.2) is 0 Å². The minimum Gasteiger partial charge on any atom is -0.457 e. The summed E-state index contributed by atoms with van der Waals surface area (Å²) in [5.41, 5.74) is 0. The van der Waals surface area contributed by atoms with Gasteiger partial charge in [0.2, 0.25) is 0 Å². The zero-order chi connectivity index (χ0) is 42.5. The number of phosphoric ester groups is 1. The summed E-state index contributed by atoms with van der Waals surface area (Å²) in [4.78, 5) is 22.6. The van der Waals surface area contributed by atoms with Gasteiger partial charge in [0.1, 0.15) is 12.2 Å². The fourth-order valence-electron chi connectivity index (χ4n) is 5.21. The Hall–Kier alpha value is -2.88. The first kappa shape index (κ1) is 55.1. The van der Waals surface area contributed by atoms with E-state index in [4.69, 9.17) is 23.6 Å². The van der Waals surface area contributed by atoms with Crippen molar-refractivity contribution >= 4 is 13.8 Å². The van der Waals surface area contributed by atoms with Crippen molar-refractivity contribution in [3.8, 4) is 0 Å². The van der Waals surface area contributed by atoms with Crippen molar-refractivity contribution in [1.82, 2.24) is 0 Å². The summed E-state index contributed by atoms with van der Waals surface area (Å²) in [6.45, 7) is 3.09. The smallest absolute Gasteiger partial charge is 0.457 e.